The molecule has 0 aliphatic carbocycles. The van der Waals surface area contributed by atoms with Gasteiger partial charge in [-0.05, 0) is 38.1 Å². The van der Waals surface area contributed by atoms with Gasteiger partial charge in [0.05, 0.1) is 12.7 Å². The molecule has 1 aromatic carbocycles. The van der Waals surface area contributed by atoms with Crippen molar-refractivity contribution in [2.45, 2.75) is 24.9 Å². The van der Waals surface area contributed by atoms with E-state index in [4.69, 9.17) is 4.74 Å². The van der Waals surface area contributed by atoms with Crippen molar-refractivity contribution >= 4 is 0 Å². The Labute approximate surface area is 107 Å². The SMILES string of the molecule is COc1cccc(CC2(O)CCCN(C)C2)c1F. The summed E-state index contributed by atoms with van der Waals surface area (Å²) in [6, 6.07) is 5.06. The van der Waals surface area contributed by atoms with Crippen LogP contribution in [0.25, 0.3) is 0 Å². The maximum Gasteiger partial charge on any atom is 0.168 e. The van der Waals surface area contributed by atoms with Crippen LogP contribution < -0.4 is 4.74 Å². The summed E-state index contributed by atoms with van der Waals surface area (Å²) in [6.45, 7) is 1.58. The Morgan fingerprint density at radius 2 is 2.28 bits per heavy atom. The molecule has 1 fully saturated rings. The van der Waals surface area contributed by atoms with Gasteiger partial charge in [-0.2, -0.15) is 0 Å². The lowest BCUT2D eigenvalue weighted by Gasteiger charge is -2.37. The first-order valence-electron chi connectivity index (χ1n) is 6.26. The van der Waals surface area contributed by atoms with E-state index < -0.39 is 5.60 Å². The number of hydrogen-bond donors (Lipinski definition) is 1. The minimum Gasteiger partial charge on any atom is -0.494 e. The highest BCUT2D eigenvalue weighted by Gasteiger charge is 2.33. The molecule has 2 rings (SSSR count). The monoisotopic (exact) mass is 253 g/mol. The third-order valence-corrected chi connectivity index (χ3v) is 3.53. The van der Waals surface area contributed by atoms with Crippen LogP contribution in [0.4, 0.5) is 4.39 Å². The zero-order chi connectivity index (χ0) is 13.2. The highest BCUT2D eigenvalue weighted by molar-refractivity contribution is 5.32. The summed E-state index contributed by atoms with van der Waals surface area (Å²) in [5, 5.41) is 10.5. The predicted molar refractivity (Wildman–Crippen MR) is 68.3 cm³/mol. The smallest absolute Gasteiger partial charge is 0.168 e. The maximum absolute atomic E-state index is 14.0. The third-order valence-electron chi connectivity index (χ3n) is 3.53. The Hall–Kier alpha value is -1.13. The van der Waals surface area contributed by atoms with Gasteiger partial charge in [0.25, 0.3) is 0 Å². The quantitative estimate of drug-likeness (QED) is 0.892. The number of methoxy groups -OCH3 is 1. The number of nitrogens with zero attached hydrogens (tertiary/aromatic N) is 1. The van der Waals surface area contributed by atoms with E-state index in [9.17, 15) is 9.50 Å². The third kappa shape index (κ3) is 2.82. The number of likely N-dealkylation sites (tertiary alicyclic amines) is 1. The first kappa shape index (κ1) is 13.3. The number of ether oxygens (including phenoxy) is 1. The Balaban J connectivity index is 2.18. The fraction of sp³-hybridized carbons (Fsp3) is 0.571. The number of benzene rings is 1. The van der Waals surface area contributed by atoms with Crippen LogP contribution in [-0.4, -0.2) is 42.9 Å². The van der Waals surface area contributed by atoms with Crippen LogP contribution in [-0.2, 0) is 6.42 Å². The Bertz CT molecular complexity index is 424. The molecule has 0 saturated carbocycles. The van der Waals surface area contributed by atoms with Gasteiger partial charge in [-0.1, -0.05) is 12.1 Å². The molecule has 1 unspecified atom stereocenters. The van der Waals surface area contributed by atoms with Crippen molar-refractivity contribution < 1.29 is 14.2 Å². The lowest BCUT2D eigenvalue weighted by Crippen LogP contribution is -2.48. The molecule has 0 bridgehead atoms. The average Bonchev–Trinajstić information content (AvgIpc) is 2.31. The molecule has 18 heavy (non-hydrogen) atoms. The summed E-state index contributed by atoms with van der Waals surface area (Å²) in [4.78, 5) is 2.08. The molecule has 1 atom stereocenters. The molecule has 0 aromatic heterocycles. The Morgan fingerprint density at radius 3 is 2.94 bits per heavy atom. The lowest BCUT2D eigenvalue weighted by molar-refractivity contribution is -0.0229. The van der Waals surface area contributed by atoms with Crippen molar-refractivity contribution in [2.75, 3.05) is 27.2 Å². The van der Waals surface area contributed by atoms with Gasteiger partial charge in [-0.3, -0.25) is 0 Å². The molecule has 1 aliphatic rings. The summed E-state index contributed by atoms with van der Waals surface area (Å²) >= 11 is 0. The van der Waals surface area contributed by atoms with E-state index in [-0.39, 0.29) is 11.6 Å². The topological polar surface area (TPSA) is 32.7 Å². The van der Waals surface area contributed by atoms with Crippen LogP contribution in [0.3, 0.4) is 0 Å². The number of aliphatic hydroxyl groups is 1. The molecular formula is C14H20FNO2. The maximum atomic E-state index is 14.0. The van der Waals surface area contributed by atoms with Gasteiger partial charge in [0, 0.05) is 13.0 Å². The van der Waals surface area contributed by atoms with E-state index in [0.29, 0.717) is 24.9 Å². The highest BCUT2D eigenvalue weighted by atomic mass is 19.1. The fourth-order valence-electron chi connectivity index (χ4n) is 2.69. The van der Waals surface area contributed by atoms with Crippen molar-refractivity contribution in [3.63, 3.8) is 0 Å². The molecule has 0 amide bonds. The van der Waals surface area contributed by atoms with Gasteiger partial charge in [-0.15, -0.1) is 0 Å². The second-order valence-electron chi connectivity index (χ2n) is 5.18. The Morgan fingerprint density at radius 1 is 1.50 bits per heavy atom. The number of β-amino-alcohol motifs (C(OH)–C–C–N with tert-alkyl or cyclic N) is 1. The second-order valence-corrected chi connectivity index (χ2v) is 5.18. The molecule has 0 radical (unpaired) electrons. The van der Waals surface area contributed by atoms with Gasteiger partial charge in [0.1, 0.15) is 0 Å². The molecule has 1 aliphatic heterocycles. The van der Waals surface area contributed by atoms with Gasteiger partial charge >= 0.3 is 0 Å². The molecule has 3 nitrogen and oxygen atoms in total. The molecule has 1 aromatic rings. The second kappa shape index (κ2) is 5.24. The van der Waals surface area contributed by atoms with Crippen LogP contribution >= 0.6 is 0 Å². The fourth-order valence-corrected chi connectivity index (χ4v) is 2.69. The lowest BCUT2D eigenvalue weighted by atomic mass is 9.86. The molecule has 4 heteroatoms. The van der Waals surface area contributed by atoms with Crippen LogP contribution in [0.2, 0.25) is 0 Å². The van der Waals surface area contributed by atoms with Crippen molar-refractivity contribution in [3.05, 3.63) is 29.6 Å². The number of halogens is 1. The van der Waals surface area contributed by atoms with E-state index >= 15 is 0 Å². The molecule has 1 saturated heterocycles. The molecule has 100 valence electrons. The first-order chi connectivity index (χ1) is 8.54. The van der Waals surface area contributed by atoms with E-state index in [1.807, 2.05) is 7.05 Å². The van der Waals surface area contributed by atoms with E-state index in [1.54, 1.807) is 18.2 Å². The van der Waals surface area contributed by atoms with E-state index in [2.05, 4.69) is 4.90 Å². The van der Waals surface area contributed by atoms with Crippen molar-refractivity contribution in [1.82, 2.24) is 4.90 Å². The highest BCUT2D eigenvalue weighted by Crippen LogP contribution is 2.28. The Kier molecular flexibility index (Phi) is 3.88. The largest absolute Gasteiger partial charge is 0.494 e. The van der Waals surface area contributed by atoms with Crippen LogP contribution in [0, 0.1) is 5.82 Å². The zero-order valence-corrected chi connectivity index (χ0v) is 10.9. The molecule has 1 N–H and O–H groups in total. The van der Waals surface area contributed by atoms with Gasteiger partial charge in [-0.25, -0.2) is 4.39 Å². The van der Waals surface area contributed by atoms with Crippen molar-refractivity contribution in [1.29, 1.82) is 0 Å². The molecule has 0 spiro atoms. The summed E-state index contributed by atoms with van der Waals surface area (Å²) in [5.41, 5.74) is -0.313. The van der Waals surface area contributed by atoms with Gasteiger partial charge in [0.2, 0.25) is 0 Å². The predicted octanol–water partition coefficient (Wildman–Crippen LogP) is 1.83. The molecular weight excluding hydrogens is 233 g/mol. The van der Waals surface area contributed by atoms with Crippen molar-refractivity contribution in [2.24, 2.45) is 0 Å². The minimum absolute atomic E-state index is 0.236. The number of hydrogen-bond acceptors (Lipinski definition) is 3. The summed E-state index contributed by atoms with van der Waals surface area (Å²) in [5.74, 6) is -0.123. The van der Waals surface area contributed by atoms with Crippen LogP contribution in [0.15, 0.2) is 18.2 Å². The zero-order valence-electron chi connectivity index (χ0n) is 10.9. The first-order valence-corrected chi connectivity index (χ1v) is 6.26. The van der Waals surface area contributed by atoms with Crippen molar-refractivity contribution in [3.8, 4) is 5.75 Å². The summed E-state index contributed by atoms with van der Waals surface area (Å²) in [6.07, 6.45) is 1.99. The number of piperidine rings is 1. The van der Waals surface area contributed by atoms with E-state index in [1.165, 1.54) is 7.11 Å². The summed E-state index contributed by atoms with van der Waals surface area (Å²) < 4.78 is 19.0. The number of likely N-dealkylation sites (N-methyl/N-ethyl adjacent to an activating group) is 1. The standard InChI is InChI=1S/C14H20FNO2/c1-16-8-4-7-14(17,10-16)9-11-5-3-6-12(18-2)13(11)15/h3,5-6,17H,4,7-10H2,1-2H3. The number of rotatable bonds is 3. The van der Waals surface area contributed by atoms with E-state index in [0.717, 1.165) is 13.0 Å². The average molecular weight is 253 g/mol. The van der Waals surface area contributed by atoms with Crippen LogP contribution in [0.1, 0.15) is 18.4 Å². The normalized spacial score (nSPS) is 25.1. The minimum atomic E-state index is -0.833. The molecule has 1 heterocycles. The van der Waals surface area contributed by atoms with Gasteiger partial charge < -0.3 is 14.7 Å². The summed E-state index contributed by atoms with van der Waals surface area (Å²) in [7, 11) is 3.43. The van der Waals surface area contributed by atoms with Gasteiger partial charge in [0.15, 0.2) is 11.6 Å². The van der Waals surface area contributed by atoms with Crippen LogP contribution in [0.5, 0.6) is 5.75 Å².